The van der Waals surface area contributed by atoms with Gasteiger partial charge in [0.25, 0.3) is 0 Å². The fourth-order valence-electron chi connectivity index (χ4n) is 3.00. The van der Waals surface area contributed by atoms with Crippen molar-refractivity contribution >= 4 is 11.7 Å². The molecule has 0 saturated carbocycles. The summed E-state index contributed by atoms with van der Waals surface area (Å²) in [5.74, 6) is -0.421. The normalized spacial score (nSPS) is 22.3. The molecule has 1 N–H and O–H groups in total. The van der Waals surface area contributed by atoms with Crippen LogP contribution in [0.4, 0.5) is 14.9 Å². The molecule has 2 saturated heterocycles. The summed E-state index contributed by atoms with van der Waals surface area (Å²) >= 11 is 0. The van der Waals surface area contributed by atoms with Gasteiger partial charge in [0.05, 0.1) is 24.5 Å². The van der Waals surface area contributed by atoms with Crippen LogP contribution >= 0.6 is 0 Å². The van der Waals surface area contributed by atoms with Gasteiger partial charge in [-0.2, -0.15) is 0 Å². The Hall–Kier alpha value is -1.66. The number of hydrogen-bond donors (Lipinski definition) is 1. The average molecular weight is 322 g/mol. The molecule has 1 atom stereocenters. The highest BCUT2D eigenvalue weighted by molar-refractivity contribution is 5.89. The van der Waals surface area contributed by atoms with E-state index in [1.54, 1.807) is 23.1 Å². The molecule has 0 aliphatic carbocycles. The summed E-state index contributed by atoms with van der Waals surface area (Å²) in [4.78, 5) is 13.9. The molecule has 2 heterocycles. The lowest BCUT2D eigenvalue weighted by Gasteiger charge is -2.32. The maximum atomic E-state index is 13.6. The quantitative estimate of drug-likeness (QED) is 0.927. The van der Waals surface area contributed by atoms with E-state index in [4.69, 9.17) is 9.47 Å². The third-order valence-corrected chi connectivity index (χ3v) is 4.39. The summed E-state index contributed by atoms with van der Waals surface area (Å²) in [6, 6.07) is 5.93. The van der Waals surface area contributed by atoms with Crippen molar-refractivity contribution in [3.63, 3.8) is 0 Å². The minimum atomic E-state index is -0.421. The summed E-state index contributed by atoms with van der Waals surface area (Å²) in [6.45, 7) is 2.72. The number of halogens is 1. The zero-order chi connectivity index (χ0) is 16.1. The summed E-state index contributed by atoms with van der Waals surface area (Å²) in [5.41, 5.74) is 0.217. The molecule has 126 valence electrons. The van der Waals surface area contributed by atoms with Crippen LogP contribution in [-0.2, 0) is 9.47 Å². The molecular formula is C17H23FN2O3. The molecular weight excluding hydrogens is 299 g/mol. The SMILES string of the molecule is O=C(Nc1ccccc1F)N1CCC(OC[C@H]2CCCO2)CC1. The third kappa shape index (κ3) is 4.42. The van der Waals surface area contributed by atoms with Crippen molar-refractivity contribution in [2.75, 3.05) is 31.6 Å². The Morgan fingerprint density at radius 1 is 1.30 bits per heavy atom. The highest BCUT2D eigenvalue weighted by atomic mass is 19.1. The maximum absolute atomic E-state index is 13.6. The molecule has 0 radical (unpaired) electrons. The van der Waals surface area contributed by atoms with E-state index >= 15 is 0 Å². The van der Waals surface area contributed by atoms with Gasteiger partial charge >= 0.3 is 6.03 Å². The Kier molecular flexibility index (Phi) is 5.46. The third-order valence-electron chi connectivity index (χ3n) is 4.39. The van der Waals surface area contributed by atoms with Gasteiger partial charge in [-0.3, -0.25) is 0 Å². The standard InChI is InChI=1S/C17H23FN2O3/c18-15-5-1-2-6-16(15)19-17(21)20-9-7-13(8-10-20)23-12-14-4-3-11-22-14/h1-2,5-6,13-14H,3-4,7-12H2,(H,19,21)/t14-/m1/s1. The molecule has 2 amide bonds. The molecule has 0 unspecified atom stereocenters. The zero-order valence-electron chi connectivity index (χ0n) is 13.2. The molecule has 2 aliphatic rings. The van der Waals surface area contributed by atoms with Gasteiger partial charge in [0.1, 0.15) is 5.82 Å². The molecule has 3 rings (SSSR count). The maximum Gasteiger partial charge on any atom is 0.321 e. The smallest absolute Gasteiger partial charge is 0.321 e. The molecule has 2 aliphatic heterocycles. The van der Waals surface area contributed by atoms with Crippen LogP contribution < -0.4 is 5.32 Å². The lowest BCUT2D eigenvalue weighted by molar-refractivity contribution is -0.0377. The van der Waals surface area contributed by atoms with Gasteiger partial charge < -0.3 is 19.7 Å². The Labute approximate surface area is 135 Å². The van der Waals surface area contributed by atoms with Gasteiger partial charge in [-0.05, 0) is 37.8 Å². The van der Waals surface area contributed by atoms with Gasteiger partial charge in [0.15, 0.2) is 0 Å². The molecule has 2 fully saturated rings. The van der Waals surface area contributed by atoms with Gasteiger partial charge in [-0.1, -0.05) is 12.1 Å². The minimum Gasteiger partial charge on any atom is -0.376 e. The van der Waals surface area contributed by atoms with E-state index in [-0.39, 0.29) is 23.9 Å². The van der Waals surface area contributed by atoms with E-state index in [0.717, 1.165) is 32.3 Å². The molecule has 23 heavy (non-hydrogen) atoms. The number of rotatable bonds is 4. The number of para-hydroxylation sites is 1. The van der Waals surface area contributed by atoms with Crippen LogP contribution in [-0.4, -0.2) is 49.4 Å². The second-order valence-electron chi connectivity index (χ2n) is 6.06. The highest BCUT2D eigenvalue weighted by Gasteiger charge is 2.25. The van der Waals surface area contributed by atoms with Crippen molar-refractivity contribution in [1.29, 1.82) is 0 Å². The number of amides is 2. The number of carbonyl (C=O) groups excluding carboxylic acids is 1. The summed E-state index contributed by atoms with van der Waals surface area (Å²) in [6.07, 6.45) is 4.20. The van der Waals surface area contributed by atoms with Gasteiger partial charge in [-0.15, -0.1) is 0 Å². The lowest BCUT2D eigenvalue weighted by atomic mass is 10.1. The number of piperidine rings is 1. The lowest BCUT2D eigenvalue weighted by Crippen LogP contribution is -2.43. The largest absolute Gasteiger partial charge is 0.376 e. The summed E-state index contributed by atoms with van der Waals surface area (Å²) in [7, 11) is 0. The van der Waals surface area contributed by atoms with E-state index in [0.29, 0.717) is 19.7 Å². The van der Waals surface area contributed by atoms with E-state index in [1.165, 1.54) is 6.07 Å². The van der Waals surface area contributed by atoms with Crippen molar-refractivity contribution < 1.29 is 18.7 Å². The molecule has 1 aromatic rings. The minimum absolute atomic E-state index is 0.178. The number of hydrogen-bond acceptors (Lipinski definition) is 3. The number of nitrogens with zero attached hydrogens (tertiary/aromatic N) is 1. The fraction of sp³-hybridized carbons (Fsp3) is 0.588. The molecule has 6 heteroatoms. The van der Waals surface area contributed by atoms with Crippen LogP contribution in [0.3, 0.4) is 0 Å². The molecule has 1 aromatic carbocycles. The van der Waals surface area contributed by atoms with Crippen molar-refractivity contribution in [3.05, 3.63) is 30.1 Å². The van der Waals surface area contributed by atoms with E-state index in [2.05, 4.69) is 5.32 Å². The topological polar surface area (TPSA) is 50.8 Å². The first-order valence-electron chi connectivity index (χ1n) is 8.26. The van der Waals surface area contributed by atoms with Gasteiger partial charge in [0, 0.05) is 19.7 Å². The second-order valence-corrected chi connectivity index (χ2v) is 6.06. The van der Waals surface area contributed by atoms with Crippen molar-refractivity contribution in [2.45, 2.75) is 37.9 Å². The predicted octanol–water partition coefficient (Wildman–Crippen LogP) is 3.02. The predicted molar refractivity (Wildman–Crippen MR) is 84.9 cm³/mol. The van der Waals surface area contributed by atoms with Crippen LogP contribution in [0, 0.1) is 5.82 Å². The number of nitrogens with one attached hydrogen (secondary N) is 1. The first kappa shape index (κ1) is 16.2. The number of benzene rings is 1. The molecule has 0 bridgehead atoms. The van der Waals surface area contributed by atoms with E-state index < -0.39 is 5.82 Å². The van der Waals surface area contributed by atoms with Crippen LogP contribution in [0.15, 0.2) is 24.3 Å². The van der Waals surface area contributed by atoms with Gasteiger partial charge in [0.2, 0.25) is 0 Å². The zero-order valence-corrected chi connectivity index (χ0v) is 13.2. The summed E-state index contributed by atoms with van der Waals surface area (Å²) < 4.78 is 25.0. The first-order chi connectivity index (χ1) is 11.2. The number of urea groups is 1. The van der Waals surface area contributed by atoms with Crippen molar-refractivity contribution in [2.24, 2.45) is 0 Å². The Morgan fingerprint density at radius 2 is 2.09 bits per heavy atom. The van der Waals surface area contributed by atoms with Crippen LogP contribution in [0.25, 0.3) is 0 Å². The molecule has 0 spiro atoms. The molecule has 5 nitrogen and oxygen atoms in total. The van der Waals surface area contributed by atoms with Crippen molar-refractivity contribution in [1.82, 2.24) is 4.90 Å². The second kappa shape index (κ2) is 7.75. The molecule has 0 aromatic heterocycles. The average Bonchev–Trinajstić information content (AvgIpc) is 3.09. The monoisotopic (exact) mass is 322 g/mol. The van der Waals surface area contributed by atoms with Crippen LogP contribution in [0.2, 0.25) is 0 Å². The van der Waals surface area contributed by atoms with Crippen LogP contribution in [0.5, 0.6) is 0 Å². The Morgan fingerprint density at radius 3 is 2.78 bits per heavy atom. The van der Waals surface area contributed by atoms with Crippen LogP contribution in [0.1, 0.15) is 25.7 Å². The van der Waals surface area contributed by atoms with Gasteiger partial charge in [-0.25, -0.2) is 9.18 Å². The Bertz CT molecular complexity index is 526. The number of anilines is 1. The highest BCUT2D eigenvalue weighted by Crippen LogP contribution is 2.19. The van der Waals surface area contributed by atoms with E-state index in [1.807, 2.05) is 0 Å². The number of ether oxygens (including phenoxy) is 2. The Balaban J connectivity index is 1.41. The van der Waals surface area contributed by atoms with E-state index in [9.17, 15) is 9.18 Å². The first-order valence-corrected chi connectivity index (χ1v) is 8.26. The fourth-order valence-corrected chi connectivity index (χ4v) is 3.00. The number of likely N-dealkylation sites (tertiary alicyclic amines) is 1. The number of carbonyl (C=O) groups is 1. The van der Waals surface area contributed by atoms with Crippen molar-refractivity contribution in [3.8, 4) is 0 Å². The summed E-state index contributed by atoms with van der Waals surface area (Å²) in [5, 5.41) is 2.62.